The van der Waals surface area contributed by atoms with E-state index in [1.54, 1.807) is 0 Å². The van der Waals surface area contributed by atoms with Gasteiger partial charge in [0.05, 0.1) is 0 Å². The normalized spacial score (nSPS) is 19.7. The molecule has 1 N–H and O–H groups in total. The van der Waals surface area contributed by atoms with Gasteiger partial charge in [0.1, 0.15) is 6.54 Å². The van der Waals surface area contributed by atoms with Crippen molar-refractivity contribution < 1.29 is 8.78 Å². The summed E-state index contributed by atoms with van der Waals surface area (Å²) in [6.07, 6.45) is -2.38. The van der Waals surface area contributed by atoms with Gasteiger partial charge in [0, 0.05) is 30.1 Å². The number of rotatable bonds is 3. The van der Waals surface area contributed by atoms with Crippen molar-refractivity contribution in [1.82, 2.24) is 10.2 Å². The maximum atomic E-state index is 12.2. The molecule has 1 aliphatic heterocycles. The highest BCUT2D eigenvalue weighted by molar-refractivity contribution is 14.0. The van der Waals surface area contributed by atoms with E-state index in [9.17, 15) is 8.78 Å². The zero-order chi connectivity index (χ0) is 12.9. The molecular formula is C11H22F2IN3S. The van der Waals surface area contributed by atoms with Crippen LogP contribution in [0.2, 0.25) is 0 Å². The van der Waals surface area contributed by atoms with Gasteiger partial charge in [-0.1, -0.05) is 0 Å². The first-order chi connectivity index (χ1) is 7.94. The highest BCUT2D eigenvalue weighted by Crippen LogP contribution is 2.29. The standard InChI is InChI=1S/C11H21F2N3S.HI/c1-4-14-10(15-7-9(12)13)16-5-6-17-11(2,3)8-16;/h9H,4-8H2,1-3H3,(H,14,15);1H. The van der Waals surface area contributed by atoms with Crippen LogP contribution in [-0.4, -0.2) is 54.0 Å². The number of hydrogen-bond acceptors (Lipinski definition) is 2. The van der Waals surface area contributed by atoms with E-state index >= 15 is 0 Å². The molecule has 0 unspecified atom stereocenters. The molecule has 0 spiro atoms. The van der Waals surface area contributed by atoms with E-state index in [1.807, 2.05) is 18.7 Å². The van der Waals surface area contributed by atoms with Gasteiger partial charge in [-0.05, 0) is 20.8 Å². The van der Waals surface area contributed by atoms with E-state index in [0.29, 0.717) is 12.5 Å². The van der Waals surface area contributed by atoms with E-state index in [-0.39, 0.29) is 28.7 Å². The van der Waals surface area contributed by atoms with Gasteiger partial charge in [-0.2, -0.15) is 11.8 Å². The zero-order valence-electron chi connectivity index (χ0n) is 11.1. The van der Waals surface area contributed by atoms with Crippen molar-refractivity contribution in [3.63, 3.8) is 0 Å². The van der Waals surface area contributed by atoms with Gasteiger partial charge in [-0.3, -0.25) is 0 Å². The van der Waals surface area contributed by atoms with E-state index in [4.69, 9.17) is 0 Å². The minimum Gasteiger partial charge on any atom is -0.357 e. The highest BCUT2D eigenvalue weighted by atomic mass is 127. The molecule has 0 bridgehead atoms. The molecular weight excluding hydrogens is 371 g/mol. The SMILES string of the molecule is CCNC(=NCC(F)F)N1CCSC(C)(C)C1.I. The molecule has 0 aromatic rings. The predicted molar refractivity (Wildman–Crippen MR) is 85.5 cm³/mol. The Labute approximate surface area is 129 Å². The zero-order valence-corrected chi connectivity index (χ0v) is 14.2. The number of alkyl halides is 2. The van der Waals surface area contributed by atoms with E-state index in [0.717, 1.165) is 18.8 Å². The summed E-state index contributed by atoms with van der Waals surface area (Å²) in [6.45, 7) is 8.26. The second-order valence-electron chi connectivity index (χ2n) is 4.62. The van der Waals surface area contributed by atoms with Gasteiger partial charge >= 0.3 is 0 Å². The Kier molecular flexibility index (Phi) is 8.49. The largest absolute Gasteiger partial charge is 0.357 e. The molecule has 0 amide bonds. The Morgan fingerprint density at radius 3 is 2.67 bits per heavy atom. The number of aliphatic imine (C=N–C) groups is 1. The Hall–Kier alpha value is 0.210. The highest BCUT2D eigenvalue weighted by Gasteiger charge is 2.28. The van der Waals surface area contributed by atoms with Crippen LogP contribution in [0.15, 0.2) is 4.99 Å². The topological polar surface area (TPSA) is 27.6 Å². The molecule has 3 nitrogen and oxygen atoms in total. The predicted octanol–water partition coefficient (Wildman–Crippen LogP) is 2.66. The maximum Gasteiger partial charge on any atom is 0.257 e. The third-order valence-corrected chi connectivity index (χ3v) is 3.74. The molecule has 0 atom stereocenters. The Balaban J connectivity index is 0.00000289. The van der Waals surface area contributed by atoms with Crippen molar-refractivity contribution >= 4 is 41.7 Å². The minimum atomic E-state index is -2.38. The van der Waals surface area contributed by atoms with Crippen molar-refractivity contribution in [3.05, 3.63) is 0 Å². The van der Waals surface area contributed by atoms with Gasteiger partial charge in [0.25, 0.3) is 6.43 Å². The van der Waals surface area contributed by atoms with Crippen LogP contribution in [0.4, 0.5) is 8.78 Å². The second-order valence-corrected chi connectivity index (χ2v) is 6.42. The third kappa shape index (κ3) is 6.40. The van der Waals surface area contributed by atoms with Crippen LogP contribution in [0.25, 0.3) is 0 Å². The summed E-state index contributed by atoms with van der Waals surface area (Å²) in [5.41, 5.74) is 0. The monoisotopic (exact) mass is 393 g/mol. The maximum absolute atomic E-state index is 12.2. The van der Waals surface area contributed by atoms with Crippen LogP contribution >= 0.6 is 35.7 Å². The third-order valence-electron chi connectivity index (χ3n) is 2.44. The molecule has 18 heavy (non-hydrogen) atoms. The summed E-state index contributed by atoms with van der Waals surface area (Å²) < 4.78 is 24.5. The number of nitrogens with one attached hydrogen (secondary N) is 1. The molecule has 0 aromatic carbocycles. The van der Waals surface area contributed by atoms with Crippen molar-refractivity contribution in [2.24, 2.45) is 4.99 Å². The van der Waals surface area contributed by atoms with Gasteiger partial charge < -0.3 is 10.2 Å². The average Bonchev–Trinajstić information content (AvgIpc) is 2.22. The smallest absolute Gasteiger partial charge is 0.257 e. The molecule has 0 radical (unpaired) electrons. The molecule has 1 heterocycles. The lowest BCUT2D eigenvalue weighted by molar-refractivity contribution is 0.158. The lowest BCUT2D eigenvalue weighted by Gasteiger charge is -2.39. The molecule has 0 aliphatic carbocycles. The van der Waals surface area contributed by atoms with Gasteiger partial charge in [0.2, 0.25) is 0 Å². The van der Waals surface area contributed by atoms with Crippen LogP contribution in [0.5, 0.6) is 0 Å². The Morgan fingerprint density at radius 2 is 2.17 bits per heavy atom. The first-order valence-corrected chi connectivity index (χ1v) is 6.88. The van der Waals surface area contributed by atoms with Crippen LogP contribution in [0.3, 0.4) is 0 Å². The Morgan fingerprint density at radius 1 is 1.50 bits per heavy atom. The fourth-order valence-corrected chi connectivity index (χ4v) is 2.89. The lowest BCUT2D eigenvalue weighted by Crippen LogP contribution is -2.51. The summed E-state index contributed by atoms with van der Waals surface area (Å²) in [7, 11) is 0. The van der Waals surface area contributed by atoms with Crippen molar-refractivity contribution in [2.45, 2.75) is 31.9 Å². The van der Waals surface area contributed by atoms with Gasteiger partial charge in [-0.15, -0.1) is 24.0 Å². The number of halogens is 3. The number of thioether (sulfide) groups is 1. The summed E-state index contributed by atoms with van der Waals surface area (Å²) in [4.78, 5) is 6.05. The van der Waals surface area contributed by atoms with Crippen LogP contribution < -0.4 is 5.32 Å². The van der Waals surface area contributed by atoms with E-state index in [1.165, 1.54) is 0 Å². The van der Waals surface area contributed by atoms with Crippen LogP contribution in [-0.2, 0) is 0 Å². The molecule has 1 aliphatic rings. The fraction of sp³-hybridized carbons (Fsp3) is 0.909. The molecule has 108 valence electrons. The fourth-order valence-electron chi connectivity index (χ4n) is 1.78. The lowest BCUT2D eigenvalue weighted by atomic mass is 10.2. The molecule has 1 fully saturated rings. The summed E-state index contributed by atoms with van der Waals surface area (Å²) >= 11 is 1.91. The molecule has 0 saturated carbocycles. The van der Waals surface area contributed by atoms with Crippen LogP contribution in [0.1, 0.15) is 20.8 Å². The van der Waals surface area contributed by atoms with Crippen LogP contribution in [0, 0.1) is 0 Å². The van der Waals surface area contributed by atoms with E-state index in [2.05, 4.69) is 29.1 Å². The van der Waals surface area contributed by atoms with Crippen molar-refractivity contribution in [2.75, 3.05) is 31.9 Å². The molecule has 1 rings (SSSR count). The Bertz CT molecular complexity index is 275. The first kappa shape index (κ1) is 18.2. The number of guanidine groups is 1. The van der Waals surface area contributed by atoms with E-state index < -0.39 is 13.0 Å². The molecule has 7 heteroatoms. The first-order valence-electron chi connectivity index (χ1n) is 5.90. The second kappa shape index (κ2) is 8.39. The number of nitrogens with zero attached hydrogens (tertiary/aromatic N) is 2. The molecule has 0 aromatic heterocycles. The quantitative estimate of drug-likeness (QED) is 0.454. The van der Waals surface area contributed by atoms with Crippen molar-refractivity contribution in [3.8, 4) is 0 Å². The summed E-state index contributed by atoms with van der Waals surface area (Å²) in [5, 5.41) is 3.08. The summed E-state index contributed by atoms with van der Waals surface area (Å²) in [5.74, 6) is 1.62. The average molecular weight is 393 g/mol. The van der Waals surface area contributed by atoms with Crippen molar-refractivity contribution in [1.29, 1.82) is 0 Å². The van der Waals surface area contributed by atoms with Gasteiger partial charge in [0.15, 0.2) is 5.96 Å². The van der Waals surface area contributed by atoms with Gasteiger partial charge in [-0.25, -0.2) is 13.8 Å². The minimum absolute atomic E-state index is 0. The molecule has 1 saturated heterocycles. The summed E-state index contributed by atoms with van der Waals surface area (Å²) in [6, 6.07) is 0. The number of hydrogen-bond donors (Lipinski definition) is 1.